The van der Waals surface area contributed by atoms with E-state index in [0.29, 0.717) is 33.1 Å². The highest BCUT2D eigenvalue weighted by Gasteiger charge is 2.25. The lowest BCUT2D eigenvalue weighted by Gasteiger charge is -2.30. The quantitative estimate of drug-likeness (QED) is 0.344. The predicted molar refractivity (Wildman–Crippen MR) is 145 cm³/mol. The normalized spacial score (nSPS) is 18.1. The van der Waals surface area contributed by atoms with Gasteiger partial charge in [0.1, 0.15) is 11.5 Å². The van der Waals surface area contributed by atoms with Crippen molar-refractivity contribution in [2.24, 2.45) is 0 Å². The Kier molecular flexibility index (Phi) is 8.54. The molecule has 3 aromatic rings. The number of aromatic nitrogens is 2. The van der Waals surface area contributed by atoms with Gasteiger partial charge < -0.3 is 20.1 Å². The number of carbonyl (C=O) groups is 1. The highest BCUT2D eigenvalue weighted by molar-refractivity contribution is 6.41. The van der Waals surface area contributed by atoms with E-state index in [1.807, 2.05) is 18.2 Å². The number of hydrogen-bond donors (Lipinski definition) is 2. The maximum absolute atomic E-state index is 12.0. The maximum Gasteiger partial charge on any atom is 0.243 e. The summed E-state index contributed by atoms with van der Waals surface area (Å²) in [6, 6.07) is 7.45. The highest BCUT2D eigenvalue weighted by Crippen LogP contribution is 2.46. The number of rotatable bonds is 7. The minimum Gasteiger partial charge on any atom is -0.495 e. The van der Waals surface area contributed by atoms with Crippen molar-refractivity contribution < 1.29 is 14.3 Å². The Labute approximate surface area is 221 Å². The van der Waals surface area contributed by atoms with Gasteiger partial charge in [0.2, 0.25) is 11.9 Å². The van der Waals surface area contributed by atoms with Gasteiger partial charge in [-0.2, -0.15) is 0 Å². The SMILES string of the molecule is C=CC(=O)NC1CCCCCCC1Nc1ncc2cc(-c3c(Cl)c(OC)cc(OC)c3Cl)ccc2n1. The average Bonchev–Trinajstić information content (AvgIpc) is 2.88. The van der Waals surface area contributed by atoms with Crippen LogP contribution in [0.15, 0.2) is 43.1 Å². The number of halogens is 2. The third-order valence-corrected chi connectivity index (χ3v) is 7.29. The number of amides is 1. The van der Waals surface area contributed by atoms with Crippen LogP contribution in [0.2, 0.25) is 10.0 Å². The van der Waals surface area contributed by atoms with Crippen LogP contribution in [0.1, 0.15) is 38.5 Å². The van der Waals surface area contributed by atoms with E-state index in [2.05, 4.69) is 22.2 Å². The summed E-state index contributed by atoms with van der Waals surface area (Å²) in [5.74, 6) is 1.31. The fourth-order valence-electron chi connectivity index (χ4n) is 4.63. The number of nitrogens with one attached hydrogen (secondary N) is 2. The molecule has 9 heteroatoms. The molecular formula is C27H30Cl2N4O3. The van der Waals surface area contributed by atoms with Gasteiger partial charge in [-0.25, -0.2) is 9.97 Å². The largest absolute Gasteiger partial charge is 0.495 e. The second kappa shape index (κ2) is 11.8. The van der Waals surface area contributed by atoms with Crippen molar-refractivity contribution >= 4 is 46.0 Å². The Hall–Kier alpha value is -3.03. The molecule has 2 N–H and O–H groups in total. The van der Waals surface area contributed by atoms with Crippen molar-refractivity contribution in [2.45, 2.75) is 50.6 Å². The van der Waals surface area contributed by atoms with E-state index in [1.165, 1.54) is 18.9 Å². The zero-order valence-electron chi connectivity index (χ0n) is 20.4. The minimum atomic E-state index is -0.161. The minimum absolute atomic E-state index is 0.00945. The van der Waals surface area contributed by atoms with E-state index in [9.17, 15) is 4.79 Å². The highest BCUT2D eigenvalue weighted by atomic mass is 35.5. The molecule has 1 heterocycles. The molecule has 36 heavy (non-hydrogen) atoms. The van der Waals surface area contributed by atoms with Crippen molar-refractivity contribution in [3.63, 3.8) is 0 Å². The number of fused-ring (bicyclic) bond motifs is 1. The van der Waals surface area contributed by atoms with Crippen LogP contribution in [-0.4, -0.2) is 42.2 Å². The van der Waals surface area contributed by atoms with Crippen LogP contribution >= 0.6 is 23.2 Å². The summed E-state index contributed by atoms with van der Waals surface area (Å²) in [4.78, 5) is 21.3. The third kappa shape index (κ3) is 5.68. The van der Waals surface area contributed by atoms with Gasteiger partial charge in [-0.1, -0.05) is 61.5 Å². The summed E-state index contributed by atoms with van der Waals surface area (Å²) in [6.45, 7) is 3.58. The van der Waals surface area contributed by atoms with Crippen LogP contribution in [0, 0.1) is 0 Å². The lowest BCUT2D eigenvalue weighted by atomic mass is 9.92. The molecule has 1 aliphatic carbocycles. The van der Waals surface area contributed by atoms with E-state index < -0.39 is 0 Å². The molecule has 1 aromatic heterocycles. The van der Waals surface area contributed by atoms with Gasteiger partial charge in [-0.3, -0.25) is 4.79 Å². The molecule has 0 saturated heterocycles. The molecule has 7 nitrogen and oxygen atoms in total. The molecule has 1 fully saturated rings. The molecule has 190 valence electrons. The van der Waals surface area contributed by atoms with E-state index in [1.54, 1.807) is 26.5 Å². The smallest absolute Gasteiger partial charge is 0.243 e. The average molecular weight is 529 g/mol. The zero-order valence-corrected chi connectivity index (χ0v) is 22.0. The van der Waals surface area contributed by atoms with Crippen LogP contribution in [-0.2, 0) is 4.79 Å². The van der Waals surface area contributed by atoms with Gasteiger partial charge in [0, 0.05) is 35.3 Å². The molecule has 1 saturated carbocycles. The standard InChI is InChI=1S/C27H30Cl2N4O3/c1-4-23(34)31-19-9-7-5-6-8-10-20(19)33-27-30-15-17-13-16(11-12-18(17)32-27)24-25(28)21(35-2)14-22(36-3)26(24)29/h4,11-15,19-20H,1,5-10H2,2-3H3,(H,31,34)(H,30,32,33). The summed E-state index contributed by atoms with van der Waals surface area (Å²) in [6.07, 6.45) is 9.43. The molecular weight excluding hydrogens is 499 g/mol. The Morgan fingerprint density at radius 1 is 1.03 bits per heavy atom. The first-order valence-corrected chi connectivity index (χ1v) is 12.8. The van der Waals surface area contributed by atoms with Gasteiger partial charge in [-0.05, 0) is 36.6 Å². The topological polar surface area (TPSA) is 85.4 Å². The van der Waals surface area contributed by atoms with E-state index in [0.717, 1.165) is 42.1 Å². The first-order chi connectivity index (χ1) is 17.4. The second-order valence-corrected chi connectivity index (χ2v) is 9.57. The summed E-state index contributed by atoms with van der Waals surface area (Å²) < 4.78 is 10.8. The van der Waals surface area contributed by atoms with Gasteiger partial charge in [0.15, 0.2) is 0 Å². The summed E-state index contributed by atoms with van der Waals surface area (Å²) >= 11 is 13.2. The molecule has 4 rings (SSSR count). The second-order valence-electron chi connectivity index (χ2n) is 8.81. The van der Waals surface area contributed by atoms with Gasteiger partial charge in [0.05, 0.1) is 29.8 Å². The monoisotopic (exact) mass is 528 g/mol. The zero-order chi connectivity index (χ0) is 25.7. The number of ether oxygens (including phenoxy) is 2. The van der Waals surface area contributed by atoms with Gasteiger partial charge in [0.25, 0.3) is 0 Å². The number of anilines is 1. The van der Waals surface area contributed by atoms with E-state index in [4.69, 9.17) is 37.7 Å². The van der Waals surface area contributed by atoms with E-state index in [-0.39, 0.29) is 18.0 Å². The molecule has 1 amide bonds. The molecule has 1 aliphatic rings. The fraction of sp³-hybridized carbons (Fsp3) is 0.370. The molecule has 0 bridgehead atoms. The number of methoxy groups -OCH3 is 2. The molecule has 2 aromatic carbocycles. The van der Waals surface area contributed by atoms with Crippen LogP contribution in [0.4, 0.5) is 5.95 Å². The molecule has 0 radical (unpaired) electrons. The first-order valence-electron chi connectivity index (χ1n) is 12.0. The molecule has 2 unspecified atom stereocenters. The molecule has 0 spiro atoms. The number of carbonyl (C=O) groups excluding carboxylic acids is 1. The first kappa shape index (κ1) is 26.0. The van der Waals surface area contributed by atoms with Crippen molar-refractivity contribution in [1.82, 2.24) is 15.3 Å². The third-order valence-electron chi connectivity index (χ3n) is 6.54. The van der Waals surface area contributed by atoms with Crippen molar-refractivity contribution in [3.05, 3.63) is 53.2 Å². The number of benzene rings is 2. The lowest BCUT2D eigenvalue weighted by molar-refractivity contribution is -0.117. The van der Waals surface area contributed by atoms with Crippen molar-refractivity contribution in [1.29, 1.82) is 0 Å². The Morgan fingerprint density at radius 3 is 2.33 bits per heavy atom. The van der Waals surface area contributed by atoms with Crippen molar-refractivity contribution in [2.75, 3.05) is 19.5 Å². The van der Waals surface area contributed by atoms with Crippen LogP contribution in [0.25, 0.3) is 22.0 Å². The maximum atomic E-state index is 12.0. The number of nitrogens with zero attached hydrogens (tertiary/aromatic N) is 2. The lowest BCUT2D eigenvalue weighted by Crippen LogP contribution is -2.47. The van der Waals surface area contributed by atoms with Gasteiger partial charge >= 0.3 is 0 Å². The summed E-state index contributed by atoms with van der Waals surface area (Å²) in [5, 5.41) is 8.18. The Morgan fingerprint density at radius 2 is 1.69 bits per heavy atom. The molecule has 2 atom stereocenters. The Bertz CT molecular complexity index is 1240. The predicted octanol–water partition coefficient (Wildman–Crippen LogP) is 6.43. The van der Waals surface area contributed by atoms with Gasteiger partial charge in [-0.15, -0.1) is 0 Å². The number of hydrogen-bond acceptors (Lipinski definition) is 6. The van der Waals surface area contributed by atoms with Crippen molar-refractivity contribution in [3.8, 4) is 22.6 Å². The van der Waals surface area contributed by atoms with Crippen LogP contribution in [0.5, 0.6) is 11.5 Å². The summed E-state index contributed by atoms with van der Waals surface area (Å²) in [5.41, 5.74) is 2.19. The van der Waals surface area contributed by atoms with Crippen LogP contribution in [0.3, 0.4) is 0 Å². The van der Waals surface area contributed by atoms with E-state index >= 15 is 0 Å². The molecule has 0 aliphatic heterocycles. The Balaban J connectivity index is 1.63. The van der Waals surface area contributed by atoms with Crippen LogP contribution < -0.4 is 20.1 Å². The summed E-state index contributed by atoms with van der Waals surface area (Å²) in [7, 11) is 3.09. The fourth-order valence-corrected chi connectivity index (χ4v) is 5.35.